The van der Waals surface area contributed by atoms with Gasteiger partial charge in [-0.2, -0.15) is 11.8 Å². The van der Waals surface area contributed by atoms with E-state index in [9.17, 15) is 19.2 Å². The van der Waals surface area contributed by atoms with Gasteiger partial charge in [0.05, 0.1) is 18.2 Å². The van der Waals surface area contributed by atoms with E-state index in [0.717, 1.165) is 4.90 Å². The molecule has 0 saturated carbocycles. The zero-order valence-corrected chi connectivity index (χ0v) is 17.9. The minimum Gasteiger partial charge on any atom is -0.467 e. The van der Waals surface area contributed by atoms with E-state index in [1.807, 2.05) is 20.1 Å². The van der Waals surface area contributed by atoms with Crippen LogP contribution < -0.4 is 0 Å². The zero-order chi connectivity index (χ0) is 21.3. The molecule has 7 nitrogen and oxygen atoms in total. The first kappa shape index (κ1) is 21.4. The Kier molecular flexibility index (Phi) is 6.31. The van der Waals surface area contributed by atoms with Gasteiger partial charge in [-0.25, -0.2) is 4.79 Å². The predicted molar refractivity (Wildman–Crippen MR) is 110 cm³/mol. The van der Waals surface area contributed by atoms with Crippen LogP contribution in [0, 0.1) is 5.92 Å². The highest BCUT2D eigenvalue weighted by molar-refractivity contribution is 7.99. The summed E-state index contributed by atoms with van der Waals surface area (Å²) < 4.78 is 4.95. The lowest BCUT2D eigenvalue weighted by Gasteiger charge is -2.42. The minimum absolute atomic E-state index is 0.00123. The third-order valence-electron chi connectivity index (χ3n) is 5.47. The van der Waals surface area contributed by atoms with Crippen molar-refractivity contribution in [2.45, 2.75) is 44.0 Å². The first-order chi connectivity index (χ1) is 13.8. The maximum Gasteiger partial charge on any atom is 0.328 e. The third-order valence-corrected chi connectivity index (χ3v) is 6.48. The molecule has 2 aliphatic heterocycles. The molecule has 3 amide bonds. The maximum atomic E-state index is 13.4. The number of amides is 3. The molecule has 8 heteroatoms. The summed E-state index contributed by atoms with van der Waals surface area (Å²) in [6.45, 7) is 4.32. The molecule has 156 valence electrons. The fourth-order valence-corrected chi connectivity index (χ4v) is 4.70. The van der Waals surface area contributed by atoms with E-state index in [1.165, 1.54) is 12.0 Å². The standard InChI is InChI=1S/C21H26N2O5S/c1-12(2)9-17(21(27)28-3)22-11-13(29-4)10-16(20(22)26)23-18(24)14-7-5-6-8-15(14)19(23)25/h5-8,12-13,16-17H,9-11H2,1-4H3/t13-,16-,17+/m1/s1. The summed E-state index contributed by atoms with van der Waals surface area (Å²) in [6, 6.07) is 4.94. The van der Waals surface area contributed by atoms with E-state index in [-0.39, 0.29) is 17.1 Å². The summed E-state index contributed by atoms with van der Waals surface area (Å²) in [5.74, 6) is -1.59. The van der Waals surface area contributed by atoms with Gasteiger partial charge in [-0.15, -0.1) is 0 Å². The molecule has 3 rings (SSSR count). The van der Waals surface area contributed by atoms with Gasteiger partial charge >= 0.3 is 5.97 Å². The molecule has 1 aromatic rings. The Morgan fingerprint density at radius 3 is 2.24 bits per heavy atom. The van der Waals surface area contributed by atoms with Crippen LogP contribution in [0.25, 0.3) is 0 Å². The molecule has 0 aromatic heterocycles. The van der Waals surface area contributed by atoms with Crippen molar-refractivity contribution >= 4 is 35.5 Å². The molecule has 1 fully saturated rings. The second kappa shape index (κ2) is 8.57. The van der Waals surface area contributed by atoms with Crippen molar-refractivity contribution in [3.63, 3.8) is 0 Å². The van der Waals surface area contributed by atoms with Crippen molar-refractivity contribution in [3.05, 3.63) is 35.4 Å². The highest BCUT2D eigenvalue weighted by atomic mass is 32.2. The summed E-state index contributed by atoms with van der Waals surface area (Å²) in [4.78, 5) is 54.3. The number of likely N-dealkylation sites (tertiary alicyclic amines) is 1. The van der Waals surface area contributed by atoms with Crippen LogP contribution in [0.2, 0.25) is 0 Å². The van der Waals surface area contributed by atoms with Gasteiger partial charge in [-0.3, -0.25) is 19.3 Å². The summed E-state index contributed by atoms with van der Waals surface area (Å²) in [5, 5.41) is 0.00123. The molecular formula is C21H26N2O5S. The van der Waals surface area contributed by atoms with Gasteiger partial charge in [0, 0.05) is 11.8 Å². The van der Waals surface area contributed by atoms with Gasteiger partial charge in [0.25, 0.3) is 11.8 Å². The highest BCUT2D eigenvalue weighted by Crippen LogP contribution is 2.33. The highest BCUT2D eigenvalue weighted by Gasteiger charge is 2.49. The second-order valence-corrected chi connectivity index (χ2v) is 8.93. The molecule has 0 radical (unpaired) electrons. The van der Waals surface area contributed by atoms with Gasteiger partial charge in [-0.05, 0) is 37.1 Å². The average molecular weight is 419 g/mol. The Morgan fingerprint density at radius 2 is 1.76 bits per heavy atom. The van der Waals surface area contributed by atoms with Crippen LogP contribution in [0.15, 0.2) is 24.3 Å². The van der Waals surface area contributed by atoms with Crippen LogP contribution in [0.5, 0.6) is 0 Å². The summed E-state index contributed by atoms with van der Waals surface area (Å²) in [7, 11) is 1.30. The number of carbonyl (C=O) groups excluding carboxylic acids is 4. The Hall–Kier alpha value is -2.35. The molecule has 2 heterocycles. The number of fused-ring (bicyclic) bond motifs is 1. The lowest BCUT2D eigenvalue weighted by atomic mass is 9.96. The quantitative estimate of drug-likeness (QED) is 0.520. The molecule has 0 bridgehead atoms. The Labute approximate surface area is 174 Å². The number of imide groups is 1. The van der Waals surface area contributed by atoms with Crippen molar-refractivity contribution < 1.29 is 23.9 Å². The number of nitrogens with zero attached hydrogens (tertiary/aromatic N) is 2. The molecule has 0 unspecified atom stereocenters. The number of ether oxygens (including phenoxy) is 1. The van der Waals surface area contributed by atoms with Crippen molar-refractivity contribution in [3.8, 4) is 0 Å². The molecule has 2 aliphatic rings. The smallest absolute Gasteiger partial charge is 0.328 e. The van der Waals surface area contributed by atoms with Crippen LogP contribution in [-0.2, 0) is 14.3 Å². The first-order valence-corrected chi connectivity index (χ1v) is 11.0. The molecule has 1 saturated heterocycles. The number of thioether (sulfide) groups is 1. The van der Waals surface area contributed by atoms with Crippen molar-refractivity contribution in [1.29, 1.82) is 0 Å². The Balaban J connectivity index is 1.95. The number of carbonyl (C=O) groups is 4. The van der Waals surface area contributed by atoms with Crippen molar-refractivity contribution in [2.75, 3.05) is 19.9 Å². The van der Waals surface area contributed by atoms with E-state index < -0.39 is 29.9 Å². The van der Waals surface area contributed by atoms with Gasteiger partial charge in [-0.1, -0.05) is 26.0 Å². The lowest BCUT2D eigenvalue weighted by Crippen LogP contribution is -2.61. The fraction of sp³-hybridized carbons (Fsp3) is 0.524. The average Bonchev–Trinajstić information content (AvgIpc) is 2.96. The van der Waals surface area contributed by atoms with Crippen LogP contribution in [0.4, 0.5) is 0 Å². The topological polar surface area (TPSA) is 84.0 Å². The van der Waals surface area contributed by atoms with Gasteiger partial charge in [0.15, 0.2) is 0 Å². The molecular weight excluding hydrogens is 392 g/mol. The van der Waals surface area contributed by atoms with E-state index in [1.54, 1.807) is 36.0 Å². The van der Waals surface area contributed by atoms with Crippen LogP contribution in [0.3, 0.4) is 0 Å². The predicted octanol–water partition coefficient (Wildman–Crippen LogP) is 2.20. The second-order valence-electron chi connectivity index (χ2n) is 7.79. The number of rotatable bonds is 6. The molecule has 3 atom stereocenters. The van der Waals surface area contributed by atoms with E-state index in [0.29, 0.717) is 30.5 Å². The van der Waals surface area contributed by atoms with Crippen LogP contribution in [-0.4, -0.2) is 70.7 Å². The van der Waals surface area contributed by atoms with Crippen LogP contribution in [0.1, 0.15) is 47.4 Å². The largest absolute Gasteiger partial charge is 0.467 e. The van der Waals surface area contributed by atoms with Crippen molar-refractivity contribution in [1.82, 2.24) is 9.80 Å². The number of esters is 1. The minimum atomic E-state index is -0.923. The number of benzene rings is 1. The lowest BCUT2D eigenvalue weighted by molar-refractivity contribution is -0.156. The number of hydrogen-bond acceptors (Lipinski definition) is 6. The third kappa shape index (κ3) is 3.90. The molecule has 0 aliphatic carbocycles. The molecule has 29 heavy (non-hydrogen) atoms. The monoisotopic (exact) mass is 418 g/mol. The van der Waals surface area contributed by atoms with Gasteiger partial charge in [0.2, 0.25) is 5.91 Å². The van der Waals surface area contributed by atoms with E-state index in [4.69, 9.17) is 4.74 Å². The molecule has 0 spiro atoms. The van der Waals surface area contributed by atoms with E-state index in [2.05, 4.69) is 0 Å². The number of hydrogen-bond donors (Lipinski definition) is 0. The van der Waals surface area contributed by atoms with Gasteiger partial charge < -0.3 is 9.64 Å². The van der Waals surface area contributed by atoms with E-state index >= 15 is 0 Å². The normalized spacial score (nSPS) is 22.9. The molecule has 0 N–H and O–H groups in total. The number of piperidine rings is 1. The summed E-state index contributed by atoms with van der Waals surface area (Å²) >= 11 is 1.56. The maximum absolute atomic E-state index is 13.4. The fourth-order valence-electron chi connectivity index (χ4n) is 4.02. The van der Waals surface area contributed by atoms with Crippen LogP contribution >= 0.6 is 11.8 Å². The van der Waals surface area contributed by atoms with Gasteiger partial charge in [0.1, 0.15) is 12.1 Å². The summed E-state index contributed by atoms with van der Waals surface area (Å²) in [5.41, 5.74) is 0.629. The van der Waals surface area contributed by atoms with Crippen molar-refractivity contribution in [2.24, 2.45) is 5.92 Å². The Bertz CT molecular complexity index is 805. The first-order valence-electron chi connectivity index (χ1n) is 9.68. The molecule has 1 aromatic carbocycles. The zero-order valence-electron chi connectivity index (χ0n) is 17.1. The Morgan fingerprint density at radius 1 is 1.17 bits per heavy atom. The summed E-state index contributed by atoms with van der Waals surface area (Å²) in [6.07, 6.45) is 2.75. The SMILES string of the molecule is COC(=O)[C@H](CC(C)C)N1C[C@H](SC)C[C@@H](N2C(=O)c3ccccc3C2=O)C1=O. The number of methoxy groups -OCH3 is 1.